The normalized spacial score (nSPS) is 22.4. The van der Waals surface area contributed by atoms with Gasteiger partial charge in [-0.05, 0) is 47.2 Å². The molecular weight excluding hydrogens is 428 g/mol. The molecule has 4 rings (SSSR count). The Morgan fingerprint density at radius 2 is 1.97 bits per heavy atom. The Labute approximate surface area is 180 Å². The number of fused-ring (bicyclic) bond motifs is 1. The molecule has 0 spiro atoms. The molecule has 5 nitrogen and oxygen atoms in total. The van der Waals surface area contributed by atoms with Gasteiger partial charge in [0, 0.05) is 22.6 Å². The van der Waals surface area contributed by atoms with Crippen molar-refractivity contribution in [2.24, 2.45) is 17.6 Å². The SMILES string of the molecule is CC1CC(c2ncc(-c3ccc4ccc(Br)cc4c3)[nH]2)N(C(O)C(N)C(C)C)C1. The number of nitrogens with two attached hydrogens (primary N) is 1. The predicted molar refractivity (Wildman–Crippen MR) is 121 cm³/mol. The number of hydrogen-bond donors (Lipinski definition) is 3. The molecule has 1 aliphatic heterocycles. The van der Waals surface area contributed by atoms with E-state index in [1.165, 1.54) is 10.8 Å². The quantitative estimate of drug-likeness (QED) is 0.520. The van der Waals surface area contributed by atoms with E-state index in [1.54, 1.807) is 0 Å². The van der Waals surface area contributed by atoms with Crippen molar-refractivity contribution in [3.63, 3.8) is 0 Å². The van der Waals surface area contributed by atoms with Gasteiger partial charge in [0.1, 0.15) is 12.1 Å². The van der Waals surface area contributed by atoms with Crippen LogP contribution >= 0.6 is 15.9 Å². The van der Waals surface area contributed by atoms with E-state index >= 15 is 0 Å². The van der Waals surface area contributed by atoms with Crippen molar-refractivity contribution >= 4 is 26.7 Å². The summed E-state index contributed by atoms with van der Waals surface area (Å²) in [6, 6.07) is 12.5. The van der Waals surface area contributed by atoms with Gasteiger partial charge in [-0.1, -0.05) is 54.9 Å². The maximum Gasteiger partial charge on any atom is 0.124 e. The number of rotatable bonds is 5. The van der Waals surface area contributed by atoms with E-state index < -0.39 is 6.23 Å². The number of halogens is 1. The third-order valence-corrected chi connectivity index (χ3v) is 6.52. The first kappa shape index (κ1) is 20.5. The smallest absolute Gasteiger partial charge is 0.124 e. The van der Waals surface area contributed by atoms with Crippen LogP contribution in [0, 0.1) is 11.8 Å². The minimum atomic E-state index is -0.670. The summed E-state index contributed by atoms with van der Waals surface area (Å²) in [4.78, 5) is 10.3. The highest BCUT2D eigenvalue weighted by molar-refractivity contribution is 9.10. The van der Waals surface area contributed by atoms with Gasteiger partial charge < -0.3 is 15.8 Å². The summed E-state index contributed by atoms with van der Waals surface area (Å²) < 4.78 is 1.07. The fourth-order valence-electron chi connectivity index (χ4n) is 4.24. The van der Waals surface area contributed by atoms with E-state index in [0.717, 1.165) is 34.5 Å². The topological polar surface area (TPSA) is 78.2 Å². The number of likely N-dealkylation sites (tertiary alicyclic amines) is 1. The maximum absolute atomic E-state index is 10.9. The van der Waals surface area contributed by atoms with Crippen LogP contribution in [0.1, 0.15) is 39.1 Å². The number of nitrogens with zero attached hydrogens (tertiary/aromatic N) is 2. The van der Waals surface area contributed by atoms with Crippen molar-refractivity contribution in [2.45, 2.75) is 45.5 Å². The Hall–Kier alpha value is -1.73. The van der Waals surface area contributed by atoms with Crippen LogP contribution < -0.4 is 5.73 Å². The molecule has 2 aromatic carbocycles. The standard InChI is InChI=1S/C23H29BrN4O/c1-13(2)21(25)23(29)28-12-14(3)8-20(28)22-26-11-19(27-22)16-5-4-15-6-7-18(24)10-17(15)9-16/h4-7,9-11,13-14,20-21,23,29H,8,12,25H2,1-3H3,(H,26,27). The number of nitrogens with one attached hydrogen (secondary N) is 1. The summed E-state index contributed by atoms with van der Waals surface area (Å²) in [6.45, 7) is 7.13. The van der Waals surface area contributed by atoms with Crippen LogP contribution in [0.25, 0.3) is 22.0 Å². The molecule has 0 amide bonds. The molecule has 1 aliphatic rings. The summed E-state index contributed by atoms with van der Waals surface area (Å²) in [5.41, 5.74) is 8.35. The van der Waals surface area contributed by atoms with Gasteiger partial charge in [0.15, 0.2) is 0 Å². The van der Waals surface area contributed by atoms with Gasteiger partial charge >= 0.3 is 0 Å². The number of aromatic nitrogens is 2. The summed E-state index contributed by atoms with van der Waals surface area (Å²) >= 11 is 3.55. The molecule has 1 saturated heterocycles. The average Bonchev–Trinajstić information content (AvgIpc) is 3.32. The highest BCUT2D eigenvalue weighted by atomic mass is 79.9. The van der Waals surface area contributed by atoms with Crippen molar-refractivity contribution in [3.8, 4) is 11.3 Å². The van der Waals surface area contributed by atoms with Crippen LogP contribution in [-0.4, -0.2) is 38.8 Å². The molecule has 1 aromatic heterocycles. The number of benzene rings is 2. The first-order valence-electron chi connectivity index (χ1n) is 10.3. The van der Waals surface area contributed by atoms with E-state index in [-0.39, 0.29) is 18.0 Å². The number of imidazole rings is 1. The molecule has 6 heteroatoms. The molecule has 4 atom stereocenters. The van der Waals surface area contributed by atoms with Gasteiger partial charge in [0.05, 0.1) is 17.9 Å². The van der Waals surface area contributed by atoms with Gasteiger partial charge in [-0.3, -0.25) is 4.90 Å². The zero-order valence-electron chi connectivity index (χ0n) is 17.1. The molecule has 4 N–H and O–H groups in total. The second-order valence-electron chi connectivity index (χ2n) is 8.68. The van der Waals surface area contributed by atoms with Crippen LogP contribution in [0.5, 0.6) is 0 Å². The van der Waals surface area contributed by atoms with Crippen LogP contribution in [0.15, 0.2) is 47.1 Å². The van der Waals surface area contributed by atoms with Crippen molar-refractivity contribution in [1.82, 2.24) is 14.9 Å². The van der Waals surface area contributed by atoms with Gasteiger partial charge in [0.25, 0.3) is 0 Å². The fourth-order valence-corrected chi connectivity index (χ4v) is 4.62. The van der Waals surface area contributed by atoms with E-state index in [2.05, 4.69) is 74.1 Å². The number of aliphatic hydroxyl groups excluding tert-OH is 1. The third-order valence-electron chi connectivity index (χ3n) is 6.03. The van der Waals surface area contributed by atoms with E-state index in [1.807, 2.05) is 20.0 Å². The molecular formula is C23H29BrN4O. The van der Waals surface area contributed by atoms with Gasteiger partial charge in [-0.2, -0.15) is 0 Å². The highest BCUT2D eigenvalue weighted by Gasteiger charge is 2.39. The summed E-state index contributed by atoms with van der Waals surface area (Å²) in [5.74, 6) is 1.60. The lowest BCUT2D eigenvalue weighted by atomic mass is 10.0. The largest absolute Gasteiger partial charge is 0.377 e. The Kier molecular flexibility index (Phi) is 5.80. The lowest BCUT2D eigenvalue weighted by molar-refractivity contribution is -0.0363. The first-order chi connectivity index (χ1) is 13.8. The molecule has 154 valence electrons. The Morgan fingerprint density at radius 3 is 2.72 bits per heavy atom. The van der Waals surface area contributed by atoms with Crippen molar-refractivity contribution < 1.29 is 5.11 Å². The number of aromatic amines is 1. The lowest BCUT2D eigenvalue weighted by Crippen LogP contribution is -2.50. The molecule has 0 radical (unpaired) electrons. The lowest BCUT2D eigenvalue weighted by Gasteiger charge is -2.33. The second kappa shape index (κ2) is 8.19. The van der Waals surface area contributed by atoms with Gasteiger partial charge in [0.2, 0.25) is 0 Å². The summed E-state index contributed by atoms with van der Waals surface area (Å²) in [5, 5.41) is 13.2. The highest BCUT2D eigenvalue weighted by Crippen LogP contribution is 2.37. The van der Waals surface area contributed by atoms with Gasteiger partial charge in [-0.15, -0.1) is 0 Å². The minimum Gasteiger partial charge on any atom is -0.377 e. The summed E-state index contributed by atoms with van der Waals surface area (Å²) in [6.07, 6.45) is 2.18. The number of hydrogen-bond acceptors (Lipinski definition) is 4. The Bertz CT molecular complexity index is 1000. The molecule has 1 fully saturated rings. The van der Waals surface area contributed by atoms with Crippen LogP contribution in [0.3, 0.4) is 0 Å². The van der Waals surface area contributed by atoms with E-state index in [0.29, 0.717) is 5.92 Å². The number of H-pyrrole nitrogens is 1. The second-order valence-corrected chi connectivity index (χ2v) is 9.59. The summed E-state index contributed by atoms with van der Waals surface area (Å²) in [7, 11) is 0. The van der Waals surface area contributed by atoms with Crippen LogP contribution in [0.2, 0.25) is 0 Å². The molecule has 4 unspecified atom stereocenters. The fraction of sp³-hybridized carbons (Fsp3) is 0.435. The van der Waals surface area contributed by atoms with Gasteiger partial charge in [-0.25, -0.2) is 4.98 Å². The maximum atomic E-state index is 10.9. The molecule has 0 aliphatic carbocycles. The average molecular weight is 457 g/mol. The molecule has 2 heterocycles. The molecule has 0 bridgehead atoms. The molecule has 29 heavy (non-hydrogen) atoms. The van der Waals surface area contributed by atoms with Crippen molar-refractivity contribution in [3.05, 3.63) is 52.9 Å². The molecule has 3 aromatic rings. The zero-order valence-corrected chi connectivity index (χ0v) is 18.7. The third kappa shape index (κ3) is 4.12. The van der Waals surface area contributed by atoms with Crippen LogP contribution in [-0.2, 0) is 0 Å². The molecule has 0 saturated carbocycles. The first-order valence-corrected chi connectivity index (χ1v) is 11.1. The Balaban J connectivity index is 1.62. The van der Waals surface area contributed by atoms with Crippen molar-refractivity contribution in [1.29, 1.82) is 0 Å². The zero-order chi connectivity index (χ0) is 20.7. The minimum absolute atomic E-state index is 0.0492. The predicted octanol–water partition coefficient (Wildman–Crippen LogP) is 4.68. The van der Waals surface area contributed by atoms with Crippen molar-refractivity contribution in [2.75, 3.05) is 6.54 Å². The van der Waals surface area contributed by atoms with E-state index in [4.69, 9.17) is 5.73 Å². The Morgan fingerprint density at radius 1 is 1.21 bits per heavy atom. The van der Waals surface area contributed by atoms with E-state index in [9.17, 15) is 5.11 Å². The monoisotopic (exact) mass is 456 g/mol. The number of aliphatic hydroxyl groups is 1. The van der Waals surface area contributed by atoms with Crippen LogP contribution in [0.4, 0.5) is 0 Å².